The van der Waals surface area contributed by atoms with Gasteiger partial charge in [0.2, 0.25) is 0 Å². The summed E-state index contributed by atoms with van der Waals surface area (Å²) in [6.45, 7) is 4.82. The molecule has 1 aromatic carbocycles. The lowest BCUT2D eigenvalue weighted by atomic mass is 10.0. The van der Waals surface area contributed by atoms with Crippen LogP contribution in [0, 0.1) is 13.8 Å². The predicted octanol–water partition coefficient (Wildman–Crippen LogP) is 3.01. The standard InChI is InChI=1S/C15H22ClN3/c1-9-12(16)7-6-11-14(13(8-17)18(3)4)10(2)19(5)15(9)11/h6-7,13H,8,17H2,1-5H3. The molecule has 0 aliphatic carbocycles. The maximum absolute atomic E-state index is 6.25. The average molecular weight is 280 g/mol. The lowest BCUT2D eigenvalue weighted by Crippen LogP contribution is -2.27. The summed E-state index contributed by atoms with van der Waals surface area (Å²) < 4.78 is 2.22. The molecule has 0 saturated heterocycles. The summed E-state index contributed by atoms with van der Waals surface area (Å²) in [7, 11) is 6.23. The number of likely N-dealkylation sites (N-methyl/N-ethyl adjacent to an activating group) is 1. The van der Waals surface area contributed by atoms with Gasteiger partial charge in [-0.15, -0.1) is 0 Å². The van der Waals surface area contributed by atoms with Gasteiger partial charge in [-0.05, 0) is 45.1 Å². The van der Waals surface area contributed by atoms with Crippen LogP contribution >= 0.6 is 11.6 Å². The Hall–Kier alpha value is -1.03. The third-order valence-electron chi connectivity index (χ3n) is 4.06. The summed E-state index contributed by atoms with van der Waals surface area (Å²) in [5.74, 6) is 0. The second-order valence-electron chi connectivity index (χ2n) is 5.34. The molecule has 19 heavy (non-hydrogen) atoms. The molecule has 1 unspecified atom stereocenters. The van der Waals surface area contributed by atoms with Gasteiger partial charge in [0.1, 0.15) is 0 Å². The van der Waals surface area contributed by atoms with Gasteiger partial charge < -0.3 is 15.2 Å². The Bertz CT molecular complexity index is 614. The Morgan fingerprint density at radius 3 is 2.47 bits per heavy atom. The smallest absolute Gasteiger partial charge is 0.0527 e. The molecule has 1 heterocycles. The number of aryl methyl sites for hydroxylation is 2. The molecule has 0 radical (unpaired) electrons. The van der Waals surface area contributed by atoms with Crippen LogP contribution in [0.2, 0.25) is 5.02 Å². The van der Waals surface area contributed by atoms with Gasteiger partial charge in [-0.3, -0.25) is 0 Å². The van der Waals surface area contributed by atoms with E-state index in [4.69, 9.17) is 17.3 Å². The van der Waals surface area contributed by atoms with E-state index in [0.717, 1.165) is 10.6 Å². The zero-order valence-corrected chi connectivity index (χ0v) is 13.0. The molecular weight excluding hydrogens is 258 g/mol. The minimum absolute atomic E-state index is 0.226. The highest BCUT2D eigenvalue weighted by Gasteiger charge is 2.22. The van der Waals surface area contributed by atoms with Crippen LogP contribution in [0.15, 0.2) is 12.1 Å². The van der Waals surface area contributed by atoms with Crippen molar-refractivity contribution in [2.45, 2.75) is 19.9 Å². The maximum Gasteiger partial charge on any atom is 0.0527 e. The molecule has 104 valence electrons. The quantitative estimate of drug-likeness (QED) is 0.937. The molecule has 0 aliphatic rings. The maximum atomic E-state index is 6.25. The number of aromatic nitrogens is 1. The van der Waals surface area contributed by atoms with Gasteiger partial charge in [0.05, 0.1) is 5.52 Å². The zero-order valence-electron chi connectivity index (χ0n) is 12.3. The van der Waals surface area contributed by atoms with E-state index in [1.54, 1.807) is 0 Å². The van der Waals surface area contributed by atoms with Crippen molar-refractivity contribution in [3.63, 3.8) is 0 Å². The van der Waals surface area contributed by atoms with Gasteiger partial charge in [-0.1, -0.05) is 17.7 Å². The van der Waals surface area contributed by atoms with Gasteiger partial charge in [-0.2, -0.15) is 0 Å². The second kappa shape index (κ2) is 5.16. The van der Waals surface area contributed by atoms with Crippen molar-refractivity contribution in [3.05, 3.63) is 34.0 Å². The Morgan fingerprint density at radius 2 is 1.95 bits per heavy atom. The average Bonchev–Trinajstić information content (AvgIpc) is 2.60. The molecule has 0 spiro atoms. The third kappa shape index (κ3) is 2.16. The number of nitrogens with two attached hydrogens (primary N) is 1. The van der Waals surface area contributed by atoms with Crippen LogP contribution in [-0.4, -0.2) is 30.1 Å². The molecule has 2 N–H and O–H groups in total. The SMILES string of the molecule is Cc1c(Cl)ccc2c(C(CN)N(C)C)c(C)n(C)c12. The molecule has 0 bridgehead atoms. The topological polar surface area (TPSA) is 34.2 Å². The molecule has 1 atom stereocenters. The molecule has 4 heteroatoms. The van der Waals surface area contributed by atoms with E-state index in [0.29, 0.717) is 6.54 Å². The van der Waals surface area contributed by atoms with E-state index in [1.807, 2.05) is 6.07 Å². The predicted molar refractivity (Wildman–Crippen MR) is 82.9 cm³/mol. The molecule has 1 aromatic heterocycles. The van der Waals surface area contributed by atoms with Crippen molar-refractivity contribution in [1.82, 2.24) is 9.47 Å². The van der Waals surface area contributed by atoms with Crippen molar-refractivity contribution in [2.75, 3.05) is 20.6 Å². The first-order chi connectivity index (χ1) is 8.90. The highest BCUT2D eigenvalue weighted by atomic mass is 35.5. The van der Waals surface area contributed by atoms with E-state index >= 15 is 0 Å². The van der Waals surface area contributed by atoms with Crippen molar-refractivity contribution in [1.29, 1.82) is 0 Å². The summed E-state index contributed by atoms with van der Waals surface area (Å²) in [6.07, 6.45) is 0. The fourth-order valence-electron chi connectivity index (χ4n) is 2.88. The Labute approximate surface area is 119 Å². The summed E-state index contributed by atoms with van der Waals surface area (Å²) >= 11 is 6.25. The molecule has 2 rings (SSSR count). The van der Waals surface area contributed by atoms with Gasteiger partial charge in [0, 0.05) is 35.7 Å². The lowest BCUT2D eigenvalue weighted by molar-refractivity contribution is 0.306. The summed E-state index contributed by atoms with van der Waals surface area (Å²) in [4.78, 5) is 2.17. The Kier molecular flexibility index (Phi) is 3.90. The summed E-state index contributed by atoms with van der Waals surface area (Å²) in [5, 5.41) is 2.07. The number of fused-ring (bicyclic) bond motifs is 1. The normalized spacial score (nSPS) is 13.5. The van der Waals surface area contributed by atoms with Gasteiger partial charge in [0.25, 0.3) is 0 Å². The van der Waals surface area contributed by atoms with Crippen LogP contribution in [-0.2, 0) is 7.05 Å². The minimum atomic E-state index is 0.226. The van der Waals surface area contributed by atoms with Gasteiger partial charge in [0.15, 0.2) is 0 Å². The number of nitrogens with zero attached hydrogens (tertiary/aromatic N) is 2. The zero-order chi connectivity index (χ0) is 14.3. The molecular formula is C15H22ClN3. The van der Waals surface area contributed by atoms with Crippen LogP contribution in [0.1, 0.15) is 22.9 Å². The minimum Gasteiger partial charge on any atom is -0.347 e. The monoisotopic (exact) mass is 279 g/mol. The molecule has 3 nitrogen and oxygen atoms in total. The van der Waals surface area contributed by atoms with Crippen LogP contribution in [0.4, 0.5) is 0 Å². The first-order valence-corrected chi connectivity index (χ1v) is 6.88. The van der Waals surface area contributed by atoms with Crippen molar-refractivity contribution < 1.29 is 0 Å². The third-order valence-corrected chi connectivity index (χ3v) is 4.47. The highest BCUT2D eigenvalue weighted by molar-refractivity contribution is 6.32. The molecule has 2 aromatic rings. The first-order valence-electron chi connectivity index (χ1n) is 6.50. The highest BCUT2D eigenvalue weighted by Crippen LogP contribution is 2.35. The fraction of sp³-hybridized carbons (Fsp3) is 0.467. The van der Waals surface area contributed by atoms with Crippen LogP contribution < -0.4 is 5.73 Å². The molecule has 0 saturated carbocycles. The van der Waals surface area contributed by atoms with E-state index < -0.39 is 0 Å². The lowest BCUT2D eigenvalue weighted by Gasteiger charge is -2.23. The largest absolute Gasteiger partial charge is 0.347 e. The second-order valence-corrected chi connectivity index (χ2v) is 5.75. The number of hydrogen-bond donors (Lipinski definition) is 1. The first kappa shape index (κ1) is 14.4. The summed E-state index contributed by atoms with van der Waals surface area (Å²) in [6, 6.07) is 4.31. The fourth-order valence-corrected chi connectivity index (χ4v) is 3.03. The van der Waals surface area contributed by atoms with Crippen molar-refractivity contribution in [2.24, 2.45) is 12.8 Å². The van der Waals surface area contributed by atoms with E-state index in [1.165, 1.54) is 22.2 Å². The van der Waals surface area contributed by atoms with Crippen LogP contribution in [0.3, 0.4) is 0 Å². The van der Waals surface area contributed by atoms with E-state index in [2.05, 4.69) is 50.5 Å². The molecule has 0 fully saturated rings. The number of hydrogen-bond acceptors (Lipinski definition) is 2. The Balaban J connectivity index is 2.82. The van der Waals surface area contributed by atoms with Crippen LogP contribution in [0.25, 0.3) is 10.9 Å². The molecule has 0 amide bonds. The van der Waals surface area contributed by atoms with Gasteiger partial charge in [-0.25, -0.2) is 0 Å². The Morgan fingerprint density at radius 1 is 1.32 bits per heavy atom. The van der Waals surface area contributed by atoms with Crippen molar-refractivity contribution >= 4 is 22.5 Å². The number of rotatable bonds is 3. The number of benzene rings is 1. The van der Waals surface area contributed by atoms with E-state index in [9.17, 15) is 0 Å². The van der Waals surface area contributed by atoms with Crippen molar-refractivity contribution in [3.8, 4) is 0 Å². The number of halogens is 1. The molecule has 0 aliphatic heterocycles. The summed E-state index contributed by atoms with van der Waals surface area (Å²) in [5.41, 5.74) is 10.9. The van der Waals surface area contributed by atoms with Crippen LogP contribution in [0.5, 0.6) is 0 Å². The van der Waals surface area contributed by atoms with E-state index in [-0.39, 0.29) is 6.04 Å². The van der Waals surface area contributed by atoms with Gasteiger partial charge >= 0.3 is 0 Å².